The minimum atomic E-state index is 0.239. The maximum absolute atomic E-state index is 6.37. The summed E-state index contributed by atoms with van der Waals surface area (Å²) in [6.45, 7) is 5.17. The van der Waals surface area contributed by atoms with E-state index in [-0.39, 0.29) is 6.04 Å². The Bertz CT molecular complexity index is 610. The average molecular weight is 371 g/mol. The van der Waals surface area contributed by atoms with Gasteiger partial charge in [0.2, 0.25) is 0 Å². The van der Waals surface area contributed by atoms with E-state index in [1.807, 2.05) is 20.0 Å². The summed E-state index contributed by atoms with van der Waals surface area (Å²) in [5.41, 5.74) is 3.38. The fraction of sp³-hybridized carbons (Fsp3) is 0.438. The Morgan fingerprint density at radius 1 is 1.43 bits per heavy atom. The molecule has 0 aliphatic carbocycles. The number of hydrogen-bond donors (Lipinski definition) is 1. The van der Waals surface area contributed by atoms with Crippen molar-refractivity contribution in [3.05, 3.63) is 50.7 Å². The number of hydrogen-bond acceptors (Lipinski definition) is 2. The Balaban J connectivity index is 2.28. The quantitative estimate of drug-likeness (QED) is 0.815. The molecule has 1 aromatic heterocycles. The lowest BCUT2D eigenvalue weighted by Crippen LogP contribution is -2.24. The molecule has 3 nitrogen and oxygen atoms in total. The Hall–Kier alpha value is -0.840. The monoisotopic (exact) mass is 369 g/mol. The van der Waals surface area contributed by atoms with Gasteiger partial charge in [0.15, 0.2) is 0 Å². The second-order valence-electron chi connectivity index (χ2n) is 5.24. The molecule has 1 unspecified atom stereocenters. The molecule has 0 aliphatic rings. The van der Waals surface area contributed by atoms with Crippen molar-refractivity contribution in [1.82, 2.24) is 15.1 Å². The van der Waals surface area contributed by atoms with Crippen molar-refractivity contribution in [2.24, 2.45) is 7.05 Å². The van der Waals surface area contributed by atoms with E-state index in [4.69, 9.17) is 11.6 Å². The molecule has 2 rings (SSSR count). The van der Waals surface area contributed by atoms with Crippen LogP contribution < -0.4 is 5.32 Å². The van der Waals surface area contributed by atoms with Crippen molar-refractivity contribution in [3.63, 3.8) is 0 Å². The van der Waals surface area contributed by atoms with Crippen LogP contribution in [0.3, 0.4) is 0 Å². The first-order valence-corrected chi connectivity index (χ1v) is 8.36. The highest BCUT2D eigenvalue weighted by atomic mass is 79.9. The molecular formula is C16H21BrClN3. The number of benzene rings is 1. The molecule has 1 heterocycles. The third-order valence-electron chi connectivity index (χ3n) is 3.57. The summed E-state index contributed by atoms with van der Waals surface area (Å²) in [6, 6.07) is 8.66. The van der Waals surface area contributed by atoms with Gasteiger partial charge in [0.1, 0.15) is 5.15 Å². The van der Waals surface area contributed by atoms with Crippen LogP contribution >= 0.6 is 27.5 Å². The summed E-state index contributed by atoms with van der Waals surface area (Å²) in [4.78, 5) is 0. The average Bonchev–Trinajstić information content (AvgIpc) is 2.69. The van der Waals surface area contributed by atoms with E-state index in [9.17, 15) is 0 Å². The minimum Gasteiger partial charge on any atom is -0.310 e. The van der Waals surface area contributed by atoms with Crippen LogP contribution in [0.15, 0.2) is 28.7 Å². The van der Waals surface area contributed by atoms with Gasteiger partial charge in [-0.3, -0.25) is 4.68 Å². The molecule has 1 N–H and O–H groups in total. The molecule has 0 radical (unpaired) electrons. The van der Waals surface area contributed by atoms with Gasteiger partial charge in [-0.15, -0.1) is 0 Å². The zero-order chi connectivity index (χ0) is 15.4. The topological polar surface area (TPSA) is 29.9 Å². The van der Waals surface area contributed by atoms with E-state index in [1.54, 1.807) is 4.68 Å². The molecule has 2 aromatic rings. The molecule has 21 heavy (non-hydrogen) atoms. The van der Waals surface area contributed by atoms with E-state index in [1.165, 1.54) is 5.56 Å². The van der Waals surface area contributed by atoms with E-state index < -0.39 is 0 Å². The number of nitrogens with one attached hydrogen (secondary N) is 1. The summed E-state index contributed by atoms with van der Waals surface area (Å²) in [5, 5.41) is 8.74. The van der Waals surface area contributed by atoms with Crippen LogP contribution in [0.25, 0.3) is 0 Å². The molecule has 0 fully saturated rings. The molecule has 0 saturated heterocycles. The normalized spacial score (nSPS) is 12.6. The second kappa shape index (κ2) is 7.43. The van der Waals surface area contributed by atoms with Crippen molar-refractivity contribution in [3.8, 4) is 0 Å². The lowest BCUT2D eigenvalue weighted by Gasteiger charge is -2.19. The van der Waals surface area contributed by atoms with Crippen molar-refractivity contribution < 1.29 is 0 Å². The van der Waals surface area contributed by atoms with Gasteiger partial charge < -0.3 is 5.32 Å². The van der Waals surface area contributed by atoms with Crippen molar-refractivity contribution in [1.29, 1.82) is 0 Å². The molecule has 0 amide bonds. The van der Waals surface area contributed by atoms with E-state index in [0.717, 1.165) is 40.3 Å². The van der Waals surface area contributed by atoms with Gasteiger partial charge in [-0.05, 0) is 44.0 Å². The molecule has 0 spiro atoms. The molecule has 0 saturated carbocycles. The molecule has 0 aliphatic heterocycles. The Morgan fingerprint density at radius 3 is 2.76 bits per heavy atom. The van der Waals surface area contributed by atoms with E-state index in [2.05, 4.69) is 51.5 Å². The minimum absolute atomic E-state index is 0.239. The van der Waals surface area contributed by atoms with E-state index >= 15 is 0 Å². The van der Waals surface area contributed by atoms with Crippen molar-refractivity contribution >= 4 is 27.5 Å². The van der Waals surface area contributed by atoms with Crippen LogP contribution in [-0.4, -0.2) is 16.3 Å². The molecule has 1 aromatic carbocycles. The highest BCUT2D eigenvalue weighted by Gasteiger charge is 2.18. The maximum Gasteiger partial charge on any atom is 0.130 e. The van der Waals surface area contributed by atoms with Gasteiger partial charge in [-0.25, -0.2) is 0 Å². The number of aromatic nitrogens is 2. The zero-order valence-corrected chi connectivity index (χ0v) is 15.0. The maximum atomic E-state index is 6.37. The first-order valence-electron chi connectivity index (χ1n) is 7.19. The van der Waals surface area contributed by atoms with Crippen molar-refractivity contribution in [2.45, 2.75) is 32.7 Å². The lowest BCUT2D eigenvalue weighted by molar-refractivity contribution is 0.528. The number of halogens is 2. The summed E-state index contributed by atoms with van der Waals surface area (Å²) >= 11 is 9.92. The first-order chi connectivity index (χ1) is 10.0. The standard InChI is InChI=1S/C16H21BrClN3/c1-4-8-19-15(12-6-5-7-13(17)9-12)10-14-11(2)20-21(3)16(14)18/h5-7,9,15,19H,4,8,10H2,1-3H3. The summed E-state index contributed by atoms with van der Waals surface area (Å²) in [7, 11) is 1.88. The van der Waals surface area contributed by atoms with Crippen LogP contribution in [0.2, 0.25) is 5.15 Å². The predicted molar refractivity (Wildman–Crippen MR) is 91.8 cm³/mol. The zero-order valence-electron chi connectivity index (χ0n) is 12.7. The van der Waals surface area contributed by atoms with Gasteiger partial charge in [-0.2, -0.15) is 5.10 Å². The van der Waals surface area contributed by atoms with E-state index in [0.29, 0.717) is 0 Å². The fourth-order valence-corrected chi connectivity index (χ4v) is 3.13. The molecule has 0 bridgehead atoms. The van der Waals surface area contributed by atoms with Crippen LogP contribution in [0.1, 0.15) is 36.2 Å². The lowest BCUT2D eigenvalue weighted by atomic mass is 9.99. The first kappa shape index (κ1) is 16.5. The van der Waals surface area contributed by atoms with Gasteiger partial charge in [0.05, 0.1) is 5.69 Å². The second-order valence-corrected chi connectivity index (χ2v) is 6.52. The summed E-state index contributed by atoms with van der Waals surface area (Å²) in [6.07, 6.45) is 1.94. The van der Waals surface area contributed by atoms with Crippen molar-refractivity contribution in [2.75, 3.05) is 6.54 Å². The van der Waals surface area contributed by atoms with Crippen LogP contribution in [-0.2, 0) is 13.5 Å². The predicted octanol–water partition coefficient (Wildman–Crippen LogP) is 4.43. The Kier molecular flexibility index (Phi) is 5.85. The van der Waals surface area contributed by atoms with Gasteiger partial charge in [0, 0.05) is 23.1 Å². The SMILES string of the molecule is CCCNC(Cc1c(C)nn(C)c1Cl)c1cccc(Br)c1. The fourth-order valence-electron chi connectivity index (χ4n) is 2.46. The number of rotatable bonds is 6. The smallest absolute Gasteiger partial charge is 0.130 e. The molecular weight excluding hydrogens is 350 g/mol. The molecule has 5 heteroatoms. The van der Waals surface area contributed by atoms with Gasteiger partial charge in [0.25, 0.3) is 0 Å². The van der Waals surface area contributed by atoms with Gasteiger partial charge >= 0.3 is 0 Å². The Morgan fingerprint density at radius 2 is 2.19 bits per heavy atom. The molecule has 114 valence electrons. The third-order valence-corrected chi connectivity index (χ3v) is 4.54. The summed E-state index contributed by atoms with van der Waals surface area (Å²) < 4.78 is 2.83. The summed E-state index contributed by atoms with van der Waals surface area (Å²) in [5.74, 6) is 0. The number of aryl methyl sites for hydroxylation is 2. The number of nitrogens with zero attached hydrogens (tertiary/aromatic N) is 2. The van der Waals surface area contributed by atoms with Crippen LogP contribution in [0, 0.1) is 6.92 Å². The van der Waals surface area contributed by atoms with Crippen LogP contribution in [0.5, 0.6) is 0 Å². The van der Waals surface area contributed by atoms with Gasteiger partial charge in [-0.1, -0.05) is 46.6 Å². The Labute approximate surface area is 139 Å². The largest absolute Gasteiger partial charge is 0.310 e. The highest BCUT2D eigenvalue weighted by Crippen LogP contribution is 2.27. The molecule has 1 atom stereocenters. The highest BCUT2D eigenvalue weighted by molar-refractivity contribution is 9.10. The third kappa shape index (κ3) is 4.09. The van der Waals surface area contributed by atoms with Crippen LogP contribution in [0.4, 0.5) is 0 Å².